The van der Waals surface area contributed by atoms with Crippen LogP contribution >= 0.6 is 0 Å². The van der Waals surface area contributed by atoms with Gasteiger partial charge in [-0.3, -0.25) is 4.79 Å². The van der Waals surface area contributed by atoms with Gasteiger partial charge in [0.25, 0.3) is 0 Å². The molecular formula is C14H19N5O2. The van der Waals surface area contributed by atoms with Crippen LogP contribution in [0.3, 0.4) is 0 Å². The Kier molecular flexibility index (Phi) is 3.72. The van der Waals surface area contributed by atoms with E-state index in [0.29, 0.717) is 6.61 Å². The number of piperidine rings is 1. The lowest BCUT2D eigenvalue weighted by Gasteiger charge is -2.32. The summed E-state index contributed by atoms with van der Waals surface area (Å²) in [6.45, 7) is 5.87. The summed E-state index contributed by atoms with van der Waals surface area (Å²) in [6.07, 6.45) is 3.22. The molecule has 0 bridgehead atoms. The number of aromatic nitrogens is 4. The number of anilines is 1. The summed E-state index contributed by atoms with van der Waals surface area (Å²) in [7, 11) is 0. The molecule has 0 amide bonds. The summed E-state index contributed by atoms with van der Waals surface area (Å²) in [6, 6.07) is 2.02. The molecule has 0 atom stereocenters. The molecule has 1 aliphatic rings. The molecule has 3 heterocycles. The Morgan fingerprint density at radius 2 is 2.19 bits per heavy atom. The predicted molar refractivity (Wildman–Crippen MR) is 77.1 cm³/mol. The van der Waals surface area contributed by atoms with Crippen LogP contribution in [0.25, 0.3) is 5.65 Å². The van der Waals surface area contributed by atoms with Crippen molar-refractivity contribution < 1.29 is 9.53 Å². The lowest BCUT2D eigenvalue weighted by atomic mass is 9.96. The third kappa shape index (κ3) is 2.68. The van der Waals surface area contributed by atoms with E-state index in [0.717, 1.165) is 43.0 Å². The lowest BCUT2D eigenvalue weighted by Crippen LogP contribution is -2.37. The molecule has 1 saturated heterocycles. The van der Waals surface area contributed by atoms with Crippen molar-refractivity contribution in [3.8, 4) is 0 Å². The number of hydrogen-bond acceptors (Lipinski definition) is 6. The largest absolute Gasteiger partial charge is 0.466 e. The Balaban J connectivity index is 1.77. The zero-order chi connectivity index (χ0) is 14.8. The van der Waals surface area contributed by atoms with Gasteiger partial charge >= 0.3 is 5.97 Å². The first kappa shape index (κ1) is 13.8. The first-order valence-corrected chi connectivity index (χ1v) is 7.28. The van der Waals surface area contributed by atoms with E-state index in [4.69, 9.17) is 4.74 Å². The van der Waals surface area contributed by atoms with Gasteiger partial charge in [0.05, 0.1) is 23.9 Å². The fourth-order valence-corrected chi connectivity index (χ4v) is 2.78. The van der Waals surface area contributed by atoms with E-state index in [9.17, 15) is 4.79 Å². The highest BCUT2D eigenvalue weighted by Crippen LogP contribution is 2.26. The minimum absolute atomic E-state index is 0.0121. The van der Waals surface area contributed by atoms with Crippen LogP contribution in [0.15, 0.2) is 12.4 Å². The molecule has 0 radical (unpaired) electrons. The van der Waals surface area contributed by atoms with E-state index < -0.39 is 0 Å². The molecule has 7 heteroatoms. The first-order chi connectivity index (χ1) is 10.2. The summed E-state index contributed by atoms with van der Waals surface area (Å²) >= 11 is 0. The standard InChI is InChI=1S/C14H19N5O2/c1-3-21-14(20)11-4-6-18(7-5-11)12-8-10(2)17-19-9-15-16-13(12)19/h8-9,11H,3-7H2,1-2H3. The van der Waals surface area contributed by atoms with E-state index in [1.54, 1.807) is 10.8 Å². The fourth-order valence-electron chi connectivity index (χ4n) is 2.78. The van der Waals surface area contributed by atoms with E-state index in [1.807, 2.05) is 19.9 Å². The number of hydrogen-bond donors (Lipinski definition) is 0. The second kappa shape index (κ2) is 5.67. The third-order valence-corrected chi connectivity index (χ3v) is 3.83. The van der Waals surface area contributed by atoms with Gasteiger partial charge < -0.3 is 9.64 Å². The number of carbonyl (C=O) groups is 1. The highest BCUT2D eigenvalue weighted by Gasteiger charge is 2.27. The number of esters is 1. The number of fused-ring (bicyclic) bond motifs is 1. The van der Waals surface area contributed by atoms with Gasteiger partial charge in [0.15, 0.2) is 0 Å². The fraction of sp³-hybridized carbons (Fsp3) is 0.571. The van der Waals surface area contributed by atoms with Gasteiger partial charge in [-0.25, -0.2) is 0 Å². The number of nitrogens with zero attached hydrogens (tertiary/aromatic N) is 5. The van der Waals surface area contributed by atoms with Gasteiger partial charge in [-0.2, -0.15) is 9.61 Å². The normalized spacial score (nSPS) is 16.4. The average Bonchev–Trinajstić information content (AvgIpc) is 2.95. The summed E-state index contributed by atoms with van der Waals surface area (Å²) in [5, 5.41) is 12.4. The third-order valence-electron chi connectivity index (χ3n) is 3.83. The molecule has 0 aliphatic carbocycles. The molecule has 0 saturated carbocycles. The number of aryl methyl sites for hydroxylation is 1. The topological polar surface area (TPSA) is 72.6 Å². The summed E-state index contributed by atoms with van der Waals surface area (Å²) < 4.78 is 6.80. The van der Waals surface area contributed by atoms with E-state index in [-0.39, 0.29) is 11.9 Å². The van der Waals surface area contributed by atoms with Crippen LogP contribution < -0.4 is 4.90 Å². The summed E-state index contributed by atoms with van der Waals surface area (Å²) in [4.78, 5) is 14.0. The van der Waals surface area contributed by atoms with Crippen molar-refractivity contribution in [1.82, 2.24) is 19.8 Å². The maximum atomic E-state index is 11.8. The number of rotatable bonds is 3. The van der Waals surface area contributed by atoms with Crippen molar-refractivity contribution in [2.24, 2.45) is 5.92 Å². The Morgan fingerprint density at radius 3 is 2.90 bits per heavy atom. The van der Waals surface area contributed by atoms with Crippen LogP contribution in [-0.2, 0) is 9.53 Å². The van der Waals surface area contributed by atoms with Crippen molar-refractivity contribution in [2.75, 3.05) is 24.6 Å². The monoisotopic (exact) mass is 289 g/mol. The van der Waals surface area contributed by atoms with Crippen LogP contribution in [0.4, 0.5) is 5.69 Å². The van der Waals surface area contributed by atoms with Gasteiger partial charge in [-0.15, -0.1) is 10.2 Å². The first-order valence-electron chi connectivity index (χ1n) is 7.28. The second-order valence-corrected chi connectivity index (χ2v) is 5.28. The Morgan fingerprint density at radius 1 is 1.43 bits per heavy atom. The van der Waals surface area contributed by atoms with Gasteiger partial charge in [-0.1, -0.05) is 0 Å². The zero-order valence-electron chi connectivity index (χ0n) is 12.3. The highest BCUT2D eigenvalue weighted by molar-refractivity contribution is 5.74. The molecule has 0 aromatic carbocycles. The molecule has 2 aromatic rings. The molecular weight excluding hydrogens is 270 g/mol. The van der Waals surface area contributed by atoms with Crippen LogP contribution in [-0.4, -0.2) is 45.5 Å². The van der Waals surface area contributed by atoms with Crippen molar-refractivity contribution in [3.63, 3.8) is 0 Å². The minimum Gasteiger partial charge on any atom is -0.466 e. The summed E-state index contributed by atoms with van der Waals surface area (Å²) in [5.41, 5.74) is 2.71. The number of ether oxygens (including phenoxy) is 1. The average molecular weight is 289 g/mol. The molecule has 3 rings (SSSR count). The van der Waals surface area contributed by atoms with E-state index >= 15 is 0 Å². The maximum Gasteiger partial charge on any atom is 0.309 e. The smallest absolute Gasteiger partial charge is 0.309 e. The van der Waals surface area contributed by atoms with Crippen LogP contribution in [0.2, 0.25) is 0 Å². The molecule has 0 spiro atoms. The molecule has 21 heavy (non-hydrogen) atoms. The van der Waals surface area contributed by atoms with Crippen LogP contribution in [0.1, 0.15) is 25.5 Å². The molecule has 0 N–H and O–H groups in total. The molecule has 0 unspecified atom stereocenters. The molecule has 1 aliphatic heterocycles. The van der Waals surface area contributed by atoms with Crippen LogP contribution in [0.5, 0.6) is 0 Å². The molecule has 7 nitrogen and oxygen atoms in total. The summed E-state index contributed by atoms with van der Waals surface area (Å²) in [5.74, 6) is -0.0614. The SMILES string of the molecule is CCOC(=O)C1CCN(c2cc(C)nn3cnnc23)CC1. The van der Waals surface area contributed by atoms with E-state index in [1.165, 1.54) is 0 Å². The lowest BCUT2D eigenvalue weighted by molar-refractivity contribution is -0.148. The Hall–Kier alpha value is -2.18. The molecule has 2 aromatic heterocycles. The van der Waals surface area contributed by atoms with Crippen molar-refractivity contribution in [3.05, 3.63) is 18.1 Å². The molecule has 1 fully saturated rings. The Labute approximate surface area is 122 Å². The van der Waals surface area contributed by atoms with Gasteiger partial charge in [0.1, 0.15) is 6.33 Å². The zero-order valence-corrected chi connectivity index (χ0v) is 12.3. The molecule has 112 valence electrons. The van der Waals surface area contributed by atoms with Crippen molar-refractivity contribution >= 4 is 17.3 Å². The minimum atomic E-state index is -0.0734. The predicted octanol–water partition coefficient (Wildman–Crippen LogP) is 1.21. The Bertz CT molecular complexity index is 646. The van der Waals surface area contributed by atoms with Crippen LogP contribution in [0, 0.1) is 12.8 Å². The van der Waals surface area contributed by atoms with Gasteiger partial charge in [0.2, 0.25) is 5.65 Å². The maximum absolute atomic E-state index is 11.8. The highest BCUT2D eigenvalue weighted by atomic mass is 16.5. The van der Waals surface area contributed by atoms with Gasteiger partial charge in [0, 0.05) is 13.1 Å². The van der Waals surface area contributed by atoms with E-state index in [2.05, 4.69) is 20.2 Å². The van der Waals surface area contributed by atoms with Crippen molar-refractivity contribution in [2.45, 2.75) is 26.7 Å². The van der Waals surface area contributed by atoms with Crippen molar-refractivity contribution in [1.29, 1.82) is 0 Å². The quantitative estimate of drug-likeness (QED) is 0.791. The second-order valence-electron chi connectivity index (χ2n) is 5.28. The van der Waals surface area contributed by atoms with Gasteiger partial charge in [-0.05, 0) is 32.8 Å². The number of carbonyl (C=O) groups excluding carboxylic acids is 1.